The van der Waals surface area contributed by atoms with E-state index in [1.54, 1.807) is 0 Å². The first-order chi connectivity index (χ1) is 11.7. The molecule has 5 heteroatoms. The van der Waals surface area contributed by atoms with Crippen molar-refractivity contribution in [2.45, 2.75) is 25.5 Å². The van der Waals surface area contributed by atoms with Gasteiger partial charge < -0.3 is 15.4 Å². The number of halogens is 1. The van der Waals surface area contributed by atoms with E-state index in [1.165, 1.54) is 5.56 Å². The number of amides is 1. The molecule has 0 radical (unpaired) electrons. The van der Waals surface area contributed by atoms with Gasteiger partial charge in [-0.1, -0.05) is 40.2 Å². The first-order valence-electron chi connectivity index (χ1n) is 8.18. The first-order valence-corrected chi connectivity index (χ1v) is 8.97. The number of nitrogens with one attached hydrogen (secondary N) is 2. The standard InChI is InChI=1S/C19H21BrN2O2/c20-16-3-1-2-15(12-16)13-24-17-6-4-14(5-7-17)8-10-21-18-9-11-22-19(18)23/h1-7,12,18,21H,8-11,13H2,(H,22,23). The van der Waals surface area contributed by atoms with E-state index in [0.29, 0.717) is 6.61 Å². The Hall–Kier alpha value is -1.85. The lowest BCUT2D eigenvalue weighted by atomic mass is 10.1. The zero-order valence-corrected chi connectivity index (χ0v) is 15.0. The molecule has 24 heavy (non-hydrogen) atoms. The van der Waals surface area contributed by atoms with E-state index in [2.05, 4.69) is 44.8 Å². The first kappa shape index (κ1) is 17.0. The molecule has 2 N–H and O–H groups in total. The highest BCUT2D eigenvalue weighted by atomic mass is 79.9. The number of rotatable bonds is 7. The van der Waals surface area contributed by atoms with Crippen LogP contribution in [0, 0.1) is 0 Å². The molecule has 1 heterocycles. The van der Waals surface area contributed by atoms with Crippen molar-refractivity contribution in [3.8, 4) is 5.75 Å². The summed E-state index contributed by atoms with van der Waals surface area (Å²) in [6.07, 6.45) is 1.77. The van der Waals surface area contributed by atoms with Crippen LogP contribution >= 0.6 is 15.9 Å². The van der Waals surface area contributed by atoms with E-state index in [-0.39, 0.29) is 11.9 Å². The van der Waals surface area contributed by atoms with Crippen LogP contribution in [0.5, 0.6) is 5.75 Å². The predicted molar refractivity (Wildman–Crippen MR) is 98.0 cm³/mol. The molecular formula is C19H21BrN2O2. The second-order valence-corrected chi connectivity index (χ2v) is 6.81. The minimum absolute atomic E-state index is 0.0298. The molecule has 1 fully saturated rings. The molecule has 1 atom stereocenters. The maximum Gasteiger partial charge on any atom is 0.237 e. The van der Waals surface area contributed by atoms with Gasteiger partial charge in [0.2, 0.25) is 5.91 Å². The number of carbonyl (C=O) groups excluding carboxylic acids is 1. The third-order valence-electron chi connectivity index (χ3n) is 4.07. The number of hydrogen-bond donors (Lipinski definition) is 2. The molecule has 0 saturated carbocycles. The van der Waals surface area contributed by atoms with Gasteiger partial charge in [-0.3, -0.25) is 4.79 Å². The van der Waals surface area contributed by atoms with Crippen LogP contribution in [-0.4, -0.2) is 25.0 Å². The molecule has 1 aliphatic heterocycles. The highest BCUT2D eigenvalue weighted by molar-refractivity contribution is 9.10. The SMILES string of the molecule is O=C1NCCC1NCCc1ccc(OCc2cccc(Br)c2)cc1. The fraction of sp³-hybridized carbons (Fsp3) is 0.316. The fourth-order valence-electron chi connectivity index (χ4n) is 2.73. The van der Waals surface area contributed by atoms with Crippen LogP contribution in [0.3, 0.4) is 0 Å². The molecule has 1 saturated heterocycles. The third-order valence-corrected chi connectivity index (χ3v) is 4.56. The van der Waals surface area contributed by atoms with Crippen LogP contribution in [0.2, 0.25) is 0 Å². The Morgan fingerprint density at radius 3 is 2.71 bits per heavy atom. The average molecular weight is 389 g/mol. The topological polar surface area (TPSA) is 50.4 Å². The molecule has 3 rings (SSSR count). The summed E-state index contributed by atoms with van der Waals surface area (Å²) in [4.78, 5) is 11.5. The van der Waals surface area contributed by atoms with Crippen LogP contribution in [0.1, 0.15) is 17.5 Å². The Morgan fingerprint density at radius 1 is 1.17 bits per heavy atom. The third kappa shape index (κ3) is 4.82. The maximum atomic E-state index is 11.5. The van der Waals surface area contributed by atoms with Crippen molar-refractivity contribution in [3.05, 3.63) is 64.1 Å². The zero-order chi connectivity index (χ0) is 16.8. The van der Waals surface area contributed by atoms with Crippen molar-refractivity contribution in [1.29, 1.82) is 0 Å². The van der Waals surface area contributed by atoms with Crippen LogP contribution in [0.4, 0.5) is 0 Å². The lowest BCUT2D eigenvalue weighted by molar-refractivity contribution is -0.120. The summed E-state index contributed by atoms with van der Waals surface area (Å²) in [6.45, 7) is 2.13. The van der Waals surface area contributed by atoms with Crippen LogP contribution < -0.4 is 15.4 Å². The summed E-state index contributed by atoms with van der Waals surface area (Å²) in [7, 11) is 0. The summed E-state index contributed by atoms with van der Waals surface area (Å²) in [6, 6.07) is 16.2. The Bertz CT molecular complexity index is 688. The van der Waals surface area contributed by atoms with Gasteiger partial charge in [-0.2, -0.15) is 0 Å². The Kier molecular flexibility index (Phi) is 5.88. The van der Waals surface area contributed by atoms with Gasteiger partial charge in [0.1, 0.15) is 12.4 Å². The number of ether oxygens (including phenoxy) is 1. The van der Waals surface area contributed by atoms with E-state index in [9.17, 15) is 4.79 Å². The van der Waals surface area contributed by atoms with Crippen molar-refractivity contribution in [1.82, 2.24) is 10.6 Å². The molecule has 1 aliphatic rings. The van der Waals surface area contributed by atoms with E-state index in [0.717, 1.165) is 41.7 Å². The van der Waals surface area contributed by atoms with Crippen LogP contribution in [0.15, 0.2) is 53.0 Å². The molecule has 1 unspecified atom stereocenters. The van der Waals surface area contributed by atoms with Crippen LogP contribution in [-0.2, 0) is 17.8 Å². The van der Waals surface area contributed by atoms with Crippen molar-refractivity contribution in [3.63, 3.8) is 0 Å². The minimum atomic E-state index is -0.0298. The summed E-state index contributed by atoms with van der Waals surface area (Å²) in [5.41, 5.74) is 2.36. The highest BCUT2D eigenvalue weighted by Gasteiger charge is 2.22. The minimum Gasteiger partial charge on any atom is -0.489 e. The summed E-state index contributed by atoms with van der Waals surface area (Å²) < 4.78 is 6.87. The Morgan fingerprint density at radius 2 is 2.00 bits per heavy atom. The maximum absolute atomic E-state index is 11.5. The quantitative estimate of drug-likeness (QED) is 0.766. The van der Waals surface area contributed by atoms with Gasteiger partial charge in [0.15, 0.2) is 0 Å². The second kappa shape index (κ2) is 8.31. The van der Waals surface area contributed by atoms with Gasteiger partial charge in [-0.25, -0.2) is 0 Å². The molecule has 4 nitrogen and oxygen atoms in total. The van der Waals surface area contributed by atoms with Gasteiger partial charge in [0, 0.05) is 11.0 Å². The van der Waals surface area contributed by atoms with E-state index >= 15 is 0 Å². The predicted octanol–water partition coefficient (Wildman–Crippen LogP) is 3.05. The number of benzene rings is 2. The van der Waals surface area contributed by atoms with Crippen molar-refractivity contribution < 1.29 is 9.53 Å². The van der Waals surface area contributed by atoms with E-state index < -0.39 is 0 Å². The molecule has 0 bridgehead atoms. The fourth-order valence-corrected chi connectivity index (χ4v) is 3.17. The molecule has 2 aromatic rings. The largest absolute Gasteiger partial charge is 0.489 e. The van der Waals surface area contributed by atoms with E-state index in [1.807, 2.05) is 30.3 Å². The van der Waals surface area contributed by atoms with E-state index in [4.69, 9.17) is 4.74 Å². The summed E-state index contributed by atoms with van der Waals surface area (Å²) in [5.74, 6) is 0.980. The highest BCUT2D eigenvalue weighted by Crippen LogP contribution is 2.16. The summed E-state index contributed by atoms with van der Waals surface area (Å²) in [5, 5.41) is 6.13. The van der Waals surface area contributed by atoms with Crippen LogP contribution in [0.25, 0.3) is 0 Å². The molecular weight excluding hydrogens is 368 g/mol. The second-order valence-electron chi connectivity index (χ2n) is 5.90. The monoisotopic (exact) mass is 388 g/mol. The van der Waals surface area contributed by atoms with Gasteiger partial charge in [0.25, 0.3) is 0 Å². The molecule has 2 aromatic carbocycles. The van der Waals surface area contributed by atoms with Crippen molar-refractivity contribution in [2.75, 3.05) is 13.1 Å². The lowest BCUT2D eigenvalue weighted by Gasteiger charge is -2.10. The van der Waals surface area contributed by atoms with Gasteiger partial charge >= 0.3 is 0 Å². The lowest BCUT2D eigenvalue weighted by Crippen LogP contribution is -2.37. The van der Waals surface area contributed by atoms with Gasteiger partial charge in [0.05, 0.1) is 6.04 Å². The normalized spacial score (nSPS) is 16.9. The Labute approximate surface area is 150 Å². The molecule has 0 aliphatic carbocycles. The molecule has 1 amide bonds. The van der Waals surface area contributed by atoms with Crippen molar-refractivity contribution >= 4 is 21.8 Å². The smallest absolute Gasteiger partial charge is 0.237 e. The van der Waals surface area contributed by atoms with Gasteiger partial charge in [-0.05, 0) is 54.8 Å². The number of hydrogen-bond acceptors (Lipinski definition) is 3. The summed E-state index contributed by atoms with van der Waals surface area (Å²) >= 11 is 3.46. The average Bonchev–Trinajstić information content (AvgIpc) is 2.99. The number of carbonyl (C=O) groups is 1. The molecule has 0 aromatic heterocycles. The van der Waals surface area contributed by atoms with Gasteiger partial charge in [-0.15, -0.1) is 0 Å². The zero-order valence-electron chi connectivity index (χ0n) is 13.4. The van der Waals surface area contributed by atoms with Crippen molar-refractivity contribution in [2.24, 2.45) is 0 Å². The Balaban J connectivity index is 1.44. The molecule has 126 valence electrons. The molecule has 0 spiro atoms.